The third-order valence-corrected chi connectivity index (χ3v) is 4.78. The van der Waals surface area contributed by atoms with Crippen LogP contribution in [0.1, 0.15) is 15.4 Å². The minimum Gasteiger partial charge on any atom is -0.356 e. The first-order valence-electron chi connectivity index (χ1n) is 8.09. The van der Waals surface area contributed by atoms with E-state index in [2.05, 4.69) is 70.0 Å². The van der Waals surface area contributed by atoms with Gasteiger partial charge < -0.3 is 10.6 Å². The van der Waals surface area contributed by atoms with Crippen molar-refractivity contribution in [3.8, 4) is 0 Å². The van der Waals surface area contributed by atoms with Gasteiger partial charge in [0.25, 0.3) is 0 Å². The van der Waals surface area contributed by atoms with E-state index in [0.29, 0.717) is 6.54 Å². The summed E-state index contributed by atoms with van der Waals surface area (Å²) in [5.41, 5.74) is 1.35. The molecule has 2 N–H and O–H groups in total. The van der Waals surface area contributed by atoms with Gasteiger partial charge in [-0.15, -0.1) is 35.3 Å². The lowest BCUT2D eigenvalue weighted by Crippen LogP contribution is -2.37. The topological polar surface area (TPSA) is 49.3 Å². The van der Waals surface area contributed by atoms with Crippen molar-refractivity contribution >= 4 is 52.0 Å². The predicted octanol–water partition coefficient (Wildman–Crippen LogP) is 4.13. The average molecular weight is 466 g/mol. The van der Waals surface area contributed by atoms with Gasteiger partial charge in [0, 0.05) is 24.7 Å². The second-order valence-corrected chi connectivity index (χ2v) is 6.92. The Labute approximate surface area is 169 Å². The number of rotatable bonds is 5. The largest absolute Gasteiger partial charge is 0.356 e. The highest BCUT2D eigenvalue weighted by Crippen LogP contribution is 2.18. The van der Waals surface area contributed by atoms with Gasteiger partial charge in [0.05, 0.1) is 6.54 Å². The molecule has 2 aromatic carbocycles. The lowest BCUT2D eigenvalue weighted by Gasteiger charge is -2.12. The lowest BCUT2D eigenvalue weighted by molar-refractivity contribution is 0.793. The Kier molecular flexibility index (Phi) is 7.64. The van der Waals surface area contributed by atoms with Crippen molar-refractivity contribution in [3.05, 3.63) is 64.1 Å². The van der Waals surface area contributed by atoms with Gasteiger partial charge in [-0.05, 0) is 29.7 Å². The zero-order valence-electron chi connectivity index (χ0n) is 14.5. The molecule has 0 aliphatic rings. The predicted molar refractivity (Wildman–Crippen MR) is 118 cm³/mol. The Morgan fingerprint density at radius 3 is 2.68 bits per heavy atom. The van der Waals surface area contributed by atoms with Crippen molar-refractivity contribution < 1.29 is 0 Å². The summed E-state index contributed by atoms with van der Waals surface area (Å²) >= 11 is 1.71. The van der Waals surface area contributed by atoms with E-state index in [9.17, 15) is 0 Å². The number of aromatic nitrogens is 1. The third kappa shape index (κ3) is 5.40. The molecule has 0 saturated carbocycles. The Morgan fingerprint density at radius 2 is 1.92 bits per heavy atom. The molecule has 0 amide bonds. The monoisotopic (exact) mass is 466 g/mol. The van der Waals surface area contributed by atoms with E-state index >= 15 is 0 Å². The van der Waals surface area contributed by atoms with Crippen LogP contribution in [0.4, 0.5) is 0 Å². The number of nitrogens with one attached hydrogen (secondary N) is 2. The van der Waals surface area contributed by atoms with Crippen molar-refractivity contribution in [2.45, 2.75) is 19.9 Å². The smallest absolute Gasteiger partial charge is 0.191 e. The Morgan fingerprint density at radius 1 is 1.12 bits per heavy atom. The number of aliphatic imine (C=N–C) groups is 1. The fraction of sp³-hybridized carbons (Fsp3) is 0.263. The van der Waals surface area contributed by atoms with E-state index in [1.807, 2.05) is 6.20 Å². The van der Waals surface area contributed by atoms with Crippen LogP contribution in [-0.2, 0) is 13.0 Å². The number of fused-ring (bicyclic) bond motifs is 1. The summed E-state index contributed by atoms with van der Waals surface area (Å²) in [6.07, 6.45) is 2.86. The maximum atomic E-state index is 4.36. The Hall–Kier alpha value is -1.67. The van der Waals surface area contributed by atoms with Crippen LogP contribution in [0.15, 0.2) is 53.7 Å². The van der Waals surface area contributed by atoms with Crippen LogP contribution in [0.3, 0.4) is 0 Å². The summed E-state index contributed by atoms with van der Waals surface area (Å²) in [6.45, 7) is 3.61. The molecule has 3 rings (SSSR count). The summed E-state index contributed by atoms with van der Waals surface area (Å²) in [5.74, 6) is 0.808. The average Bonchev–Trinajstić information content (AvgIpc) is 3.03. The highest BCUT2D eigenvalue weighted by molar-refractivity contribution is 14.0. The molecule has 1 aromatic heterocycles. The summed E-state index contributed by atoms with van der Waals surface area (Å²) in [7, 11) is 1.79. The van der Waals surface area contributed by atoms with Crippen LogP contribution in [-0.4, -0.2) is 24.5 Å². The summed E-state index contributed by atoms with van der Waals surface area (Å²) in [5, 5.41) is 10.4. The summed E-state index contributed by atoms with van der Waals surface area (Å²) in [4.78, 5) is 9.86. The van der Waals surface area contributed by atoms with Gasteiger partial charge >= 0.3 is 0 Å². The van der Waals surface area contributed by atoms with E-state index < -0.39 is 0 Å². The van der Waals surface area contributed by atoms with Crippen LogP contribution >= 0.6 is 35.3 Å². The molecule has 0 unspecified atom stereocenters. The molecule has 0 fully saturated rings. The van der Waals surface area contributed by atoms with Gasteiger partial charge in [-0.25, -0.2) is 4.98 Å². The molecule has 0 saturated heterocycles. The molecule has 6 heteroatoms. The fourth-order valence-electron chi connectivity index (χ4n) is 2.69. The van der Waals surface area contributed by atoms with E-state index in [0.717, 1.165) is 23.9 Å². The van der Waals surface area contributed by atoms with Gasteiger partial charge in [-0.3, -0.25) is 4.99 Å². The fourth-order valence-corrected chi connectivity index (χ4v) is 3.42. The maximum absolute atomic E-state index is 4.36. The SMILES string of the molecule is CN=C(NCCc1cccc2ccccc12)NCc1ncc(C)s1.I. The first kappa shape index (κ1) is 19.7. The number of halogens is 1. The summed E-state index contributed by atoms with van der Waals surface area (Å²) < 4.78 is 0. The normalized spacial score (nSPS) is 11.2. The zero-order chi connectivity index (χ0) is 16.8. The van der Waals surface area contributed by atoms with Crippen molar-refractivity contribution in [1.82, 2.24) is 15.6 Å². The molecule has 0 atom stereocenters. The molecule has 0 spiro atoms. The first-order valence-corrected chi connectivity index (χ1v) is 8.90. The number of aryl methyl sites for hydroxylation is 1. The molecule has 0 aliphatic heterocycles. The third-order valence-electron chi connectivity index (χ3n) is 3.87. The zero-order valence-corrected chi connectivity index (χ0v) is 17.6. The number of nitrogens with zero attached hydrogens (tertiary/aromatic N) is 2. The minimum absolute atomic E-state index is 0. The van der Waals surface area contributed by atoms with E-state index in [-0.39, 0.29) is 24.0 Å². The number of hydrogen-bond acceptors (Lipinski definition) is 3. The molecule has 25 heavy (non-hydrogen) atoms. The number of benzene rings is 2. The highest BCUT2D eigenvalue weighted by atomic mass is 127. The molecule has 0 aliphatic carbocycles. The highest BCUT2D eigenvalue weighted by Gasteiger charge is 2.03. The Balaban J connectivity index is 0.00000225. The number of hydrogen-bond donors (Lipinski definition) is 2. The van der Waals surface area contributed by atoms with Crippen molar-refractivity contribution in [3.63, 3.8) is 0 Å². The van der Waals surface area contributed by atoms with Crippen LogP contribution < -0.4 is 10.6 Å². The van der Waals surface area contributed by atoms with Crippen molar-refractivity contribution in [2.24, 2.45) is 4.99 Å². The van der Waals surface area contributed by atoms with Gasteiger partial charge in [-0.2, -0.15) is 0 Å². The molecule has 132 valence electrons. The molecule has 3 aromatic rings. The van der Waals surface area contributed by atoms with Gasteiger partial charge in [0.1, 0.15) is 5.01 Å². The van der Waals surface area contributed by atoms with Crippen LogP contribution in [0.2, 0.25) is 0 Å². The molecule has 0 bridgehead atoms. The van der Waals surface area contributed by atoms with Crippen LogP contribution in [0.25, 0.3) is 10.8 Å². The van der Waals surface area contributed by atoms with Crippen LogP contribution in [0.5, 0.6) is 0 Å². The first-order chi connectivity index (χ1) is 11.8. The van der Waals surface area contributed by atoms with Crippen molar-refractivity contribution in [1.29, 1.82) is 0 Å². The second-order valence-electron chi connectivity index (χ2n) is 5.61. The molecular formula is C19H23IN4S. The Bertz CT molecular complexity index is 839. The van der Waals surface area contributed by atoms with Crippen molar-refractivity contribution in [2.75, 3.05) is 13.6 Å². The van der Waals surface area contributed by atoms with Crippen LogP contribution in [0, 0.1) is 6.92 Å². The number of guanidine groups is 1. The number of thiazole rings is 1. The minimum atomic E-state index is 0. The van der Waals surface area contributed by atoms with Gasteiger partial charge in [-0.1, -0.05) is 42.5 Å². The van der Waals surface area contributed by atoms with E-state index in [4.69, 9.17) is 0 Å². The molecular weight excluding hydrogens is 443 g/mol. The summed E-state index contributed by atoms with van der Waals surface area (Å²) in [6, 6.07) is 15.0. The quantitative estimate of drug-likeness (QED) is 0.338. The van der Waals surface area contributed by atoms with E-state index in [1.165, 1.54) is 21.2 Å². The standard InChI is InChI=1S/C19H22N4S.HI/c1-14-12-22-18(24-14)13-23-19(20-2)21-11-10-16-8-5-7-15-6-3-4-9-17(15)16;/h3-9,12H,10-11,13H2,1-2H3,(H2,20,21,23);1H. The molecule has 1 heterocycles. The second kappa shape index (κ2) is 9.72. The molecule has 0 radical (unpaired) electrons. The maximum Gasteiger partial charge on any atom is 0.191 e. The van der Waals surface area contributed by atoms with Gasteiger partial charge in [0.2, 0.25) is 0 Å². The lowest BCUT2D eigenvalue weighted by atomic mass is 10.0. The molecule has 4 nitrogen and oxygen atoms in total. The van der Waals surface area contributed by atoms with E-state index in [1.54, 1.807) is 18.4 Å². The van der Waals surface area contributed by atoms with Gasteiger partial charge in [0.15, 0.2) is 5.96 Å².